The zero-order valence-electron chi connectivity index (χ0n) is 23.3. The number of fused-ring (bicyclic) bond motifs is 4. The van der Waals surface area contributed by atoms with Crippen LogP contribution in [0, 0.1) is 6.92 Å². The van der Waals surface area contributed by atoms with E-state index in [1.165, 1.54) is 81.0 Å². The lowest BCUT2D eigenvalue weighted by atomic mass is 9.95. The number of thiophene rings is 1. The summed E-state index contributed by atoms with van der Waals surface area (Å²) in [5, 5.41) is 5.19. The molecule has 8 rings (SSSR count). The van der Waals surface area contributed by atoms with Gasteiger partial charge in [-0.3, -0.25) is 0 Å². The second kappa shape index (κ2) is 10.1. The van der Waals surface area contributed by atoms with Crippen molar-refractivity contribution in [2.45, 2.75) is 6.92 Å². The Labute approximate surface area is 250 Å². The molecule has 0 saturated carbocycles. The lowest BCUT2D eigenvalue weighted by Gasteiger charge is -2.09. The number of aryl methyl sites for hydroxylation is 1. The van der Waals surface area contributed by atoms with Gasteiger partial charge in [0.15, 0.2) is 0 Å². The van der Waals surface area contributed by atoms with Gasteiger partial charge in [-0.15, -0.1) is 11.3 Å². The van der Waals surface area contributed by atoms with Gasteiger partial charge in [0.25, 0.3) is 0 Å². The number of rotatable bonds is 4. The predicted molar refractivity (Wildman–Crippen MR) is 183 cm³/mol. The Hall–Kier alpha value is -4.98. The van der Waals surface area contributed by atoms with Gasteiger partial charge in [-0.25, -0.2) is 0 Å². The van der Waals surface area contributed by atoms with Gasteiger partial charge in [-0.1, -0.05) is 139 Å². The van der Waals surface area contributed by atoms with Crippen LogP contribution in [0.3, 0.4) is 0 Å². The molecule has 0 aliphatic heterocycles. The van der Waals surface area contributed by atoms with Gasteiger partial charge >= 0.3 is 0 Å². The van der Waals surface area contributed by atoms with Crippen LogP contribution in [-0.4, -0.2) is 0 Å². The molecule has 0 saturated heterocycles. The number of hydrogen-bond donors (Lipinski definition) is 0. The first-order valence-electron chi connectivity index (χ1n) is 14.4. The predicted octanol–water partition coefficient (Wildman–Crippen LogP) is 12.2. The zero-order chi connectivity index (χ0) is 28.0. The highest BCUT2D eigenvalue weighted by Crippen LogP contribution is 2.40. The smallest absolute Gasteiger partial charge is 0.0433 e. The average Bonchev–Trinajstić information content (AvgIpc) is 3.44. The summed E-state index contributed by atoms with van der Waals surface area (Å²) in [6.45, 7) is 2.13. The normalized spacial score (nSPS) is 11.5. The Kier molecular flexibility index (Phi) is 5.98. The summed E-state index contributed by atoms with van der Waals surface area (Å²) in [4.78, 5) is 0. The molecule has 198 valence electrons. The van der Waals surface area contributed by atoms with Crippen molar-refractivity contribution in [1.82, 2.24) is 0 Å². The van der Waals surface area contributed by atoms with E-state index in [9.17, 15) is 0 Å². The molecule has 0 N–H and O–H groups in total. The third kappa shape index (κ3) is 4.40. The van der Waals surface area contributed by atoms with Gasteiger partial charge in [0.05, 0.1) is 0 Å². The molecule has 0 fully saturated rings. The summed E-state index contributed by atoms with van der Waals surface area (Å²) in [6.07, 6.45) is 0. The molecule has 0 spiro atoms. The first kappa shape index (κ1) is 24.8. The van der Waals surface area contributed by atoms with Gasteiger partial charge in [0.1, 0.15) is 0 Å². The van der Waals surface area contributed by atoms with Gasteiger partial charge < -0.3 is 0 Å². The van der Waals surface area contributed by atoms with E-state index in [4.69, 9.17) is 0 Å². The minimum absolute atomic E-state index is 1.23. The molecule has 1 aromatic heterocycles. The Morgan fingerprint density at radius 2 is 0.881 bits per heavy atom. The zero-order valence-corrected chi connectivity index (χ0v) is 24.2. The lowest BCUT2D eigenvalue weighted by molar-refractivity contribution is 1.47. The Morgan fingerprint density at radius 1 is 0.381 bits per heavy atom. The SMILES string of the molecule is Cc1ccc(-c2ccc(-c3ccc4ccc(-c5ccc(-c6cccc7c6sc6ccccc67)cc5)cc4c3)cc2)cc1. The van der Waals surface area contributed by atoms with Crippen LogP contribution in [0.15, 0.2) is 152 Å². The van der Waals surface area contributed by atoms with Crippen molar-refractivity contribution >= 4 is 42.3 Å². The van der Waals surface area contributed by atoms with Crippen LogP contribution in [-0.2, 0) is 0 Å². The van der Waals surface area contributed by atoms with E-state index in [1.54, 1.807) is 0 Å². The Morgan fingerprint density at radius 3 is 1.52 bits per heavy atom. The van der Waals surface area contributed by atoms with Gasteiger partial charge in [-0.05, 0) is 80.4 Å². The molecule has 0 radical (unpaired) electrons. The lowest BCUT2D eigenvalue weighted by Crippen LogP contribution is -1.84. The minimum atomic E-state index is 1.23. The topological polar surface area (TPSA) is 0 Å². The third-order valence-corrected chi connectivity index (χ3v) is 9.60. The summed E-state index contributed by atoms with van der Waals surface area (Å²) in [5.74, 6) is 0. The van der Waals surface area contributed by atoms with Crippen LogP contribution in [0.25, 0.3) is 75.5 Å². The van der Waals surface area contributed by atoms with Crippen molar-refractivity contribution < 1.29 is 0 Å². The molecule has 0 unspecified atom stereocenters. The van der Waals surface area contributed by atoms with Crippen LogP contribution >= 0.6 is 11.3 Å². The van der Waals surface area contributed by atoms with Crippen molar-refractivity contribution in [2.75, 3.05) is 0 Å². The van der Waals surface area contributed by atoms with E-state index in [1.807, 2.05) is 11.3 Å². The maximum Gasteiger partial charge on any atom is 0.0433 e. The van der Waals surface area contributed by atoms with E-state index in [0.29, 0.717) is 0 Å². The molecule has 0 atom stereocenters. The fourth-order valence-electron chi connectivity index (χ4n) is 6.02. The first-order valence-corrected chi connectivity index (χ1v) is 15.2. The van der Waals surface area contributed by atoms with E-state index in [-0.39, 0.29) is 0 Å². The molecule has 7 aromatic carbocycles. The Bertz CT molecular complexity index is 2210. The van der Waals surface area contributed by atoms with Gasteiger partial charge in [0, 0.05) is 20.2 Å². The largest absolute Gasteiger partial charge is 0.135 e. The quantitative estimate of drug-likeness (QED) is 0.204. The molecule has 0 amide bonds. The maximum atomic E-state index is 2.32. The molecule has 1 heteroatoms. The molecule has 42 heavy (non-hydrogen) atoms. The van der Waals surface area contributed by atoms with Gasteiger partial charge in [-0.2, -0.15) is 0 Å². The summed E-state index contributed by atoms with van der Waals surface area (Å²) in [7, 11) is 0. The van der Waals surface area contributed by atoms with Crippen molar-refractivity contribution in [3.05, 3.63) is 157 Å². The summed E-state index contributed by atoms with van der Waals surface area (Å²) < 4.78 is 2.70. The van der Waals surface area contributed by atoms with Crippen LogP contribution < -0.4 is 0 Å². The minimum Gasteiger partial charge on any atom is -0.135 e. The highest BCUT2D eigenvalue weighted by atomic mass is 32.1. The molecule has 0 aliphatic carbocycles. The van der Waals surface area contributed by atoms with Crippen molar-refractivity contribution in [3.8, 4) is 44.5 Å². The standard InChI is InChI=1S/C41H28S/c1-27-9-11-28(12-10-27)29-13-15-30(16-14-29)34-23-19-32-20-24-35(26-36(32)25-34)31-17-21-33(22-18-31)37-6-4-7-39-38-5-2-3-8-40(38)42-41(37)39/h2-26H,1H3. The van der Waals surface area contributed by atoms with E-state index < -0.39 is 0 Å². The monoisotopic (exact) mass is 552 g/mol. The number of benzene rings is 7. The summed E-state index contributed by atoms with van der Waals surface area (Å²) in [6, 6.07) is 55.6. The van der Waals surface area contributed by atoms with Crippen molar-refractivity contribution in [3.63, 3.8) is 0 Å². The molecule has 0 bridgehead atoms. The first-order chi connectivity index (χ1) is 20.7. The van der Waals surface area contributed by atoms with E-state index in [0.717, 1.165) is 0 Å². The second-order valence-electron chi connectivity index (χ2n) is 11.1. The van der Waals surface area contributed by atoms with Crippen molar-refractivity contribution in [2.24, 2.45) is 0 Å². The van der Waals surface area contributed by atoms with Crippen LogP contribution in [0.2, 0.25) is 0 Å². The fraction of sp³-hybridized carbons (Fsp3) is 0.0244. The molecule has 0 nitrogen and oxygen atoms in total. The fourth-order valence-corrected chi connectivity index (χ4v) is 7.26. The van der Waals surface area contributed by atoms with Crippen molar-refractivity contribution in [1.29, 1.82) is 0 Å². The van der Waals surface area contributed by atoms with Gasteiger partial charge in [0.2, 0.25) is 0 Å². The second-order valence-corrected chi connectivity index (χ2v) is 12.1. The van der Waals surface area contributed by atoms with E-state index >= 15 is 0 Å². The Balaban J connectivity index is 1.10. The highest BCUT2D eigenvalue weighted by molar-refractivity contribution is 7.26. The molecule has 8 aromatic rings. The van der Waals surface area contributed by atoms with Crippen LogP contribution in [0.1, 0.15) is 5.56 Å². The average molecular weight is 553 g/mol. The molecular weight excluding hydrogens is 525 g/mol. The van der Waals surface area contributed by atoms with E-state index in [2.05, 4.69) is 159 Å². The van der Waals surface area contributed by atoms with Crippen LogP contribution in [0.4, 0.5) is 0 Å². The number of hydrogen-bond acceptors (Lipinski definition) is 1. The summed E-state index contributed by atoms with van der Waals surface area (Å²) in [5.41, 5.74) is 11.3. The molecule has 0 aliphatic rings. The third-order valence-electron chi connectivity index (χ3n) is 8.38. The maximum absolute atomic E-state index is 2.32. The van der Waals surface area contributed by atoms with Crippen LogP contribution in [0.5, 0.6) is 0 Å². The highest BCUT2D eigenvalue weighted by Gasteiger charge is 2.11. The molecular formula is C41H28S. The molecule has 1 heterocycles. The summed E-state index contributed by atoms with van der Waals surface area (Å²) >= 11 is 1.88.